The molecule has 1 aromatic rings. The van der Waals surface area contributed by atoms with Gasteiger partial charge in [0, 0.05) is 11.8 Å². The Labute approximate surface area is 93.7 Å². The van der Waals surface area contributed by atoms with Crippen molar-refractivity contribution in [3.8, 4) is 0 Å². The minimum atomic E-state index is -0.342. The molecule has 84 valence electrons. The van der Waals surface area contributed by atoms with Crippen LogP contribution >= 0.6 is 0 Å². The van der Waals surface area contributed by atoms with Gasteiger partial charge in [0.1, 0.15) is 6.10 Å². The van der Waals surface area contributed by atoms with Crippen molar-refractivity contribution in [2.75, 3.05) is 18.9 Å². The average molecular weight is 219 g/mol. The second-order valence-electron chi connectivity index (χ2n) is 3.60. The highest BCUT2D eigenvalue weighted by Crippen LogP contribution is 2.09. The summed E-state index contributed by atoms with van der Waals surface area (Å²) in [5, 5.41) is 0. The van der Waals surface area contributed by atoms with Crippen molar-refractivity contribution in [2.24, 2.45) is 0 Å². The van der Waals surface area contributed by atoms with Crippen molar-refractivity contribution in [3.63, 3.8) is 0 Å². The molecule has 0 radical (unpaired) electrons. The van der Waals surface area contributed by atoms with Crippen LogP contribution in [0.25, 0.3) is 6.08 Å². The molecular formula is C12H13NO3. The Bertz CT molecular complexity index is 393. The number of hydrogen-bond acceptors (Lipinski definition) is 4. The normalized spacial score (nSPS) is 16.0. The lowest BCUT2D eigenvalue weighted by Crippen LogP contribution is -2.37. The average Bonchev–Trinajstić information content (AvgIpc) is 2.23. The highest BCUT2D eigenvalue weighted by Gasteiger charge is 2.21. The number of esters is 1. The minimum absolute atomic E-state index is 0.0800. The number of hydrogen-bond donors (Lipinski definition) is 1. The maximum Gasteiger partial charge on any atom is 0.331 e. The van der Waals surface area contributed by atoms with E-state index >= 15 is 0 Å². The number of carbonyl (C=O) groups excluding carboxylic acids is 1. The van der Waals surface area contributed by atoms with Gasteiger partial charge in [0.2, 0.25) is 0 Å². The molecule has 0 bridgehead atoms. The predicted molar refractivity (Wildman–Crippen MR) is 60.6 cm³/mol. The number of carbonyl (C=O) groups is 1. The second kappa shape index (κ2) is 4.81. The fourth-order valence-electron chi connectivity index (χ4n) is 1.26. The summed E-state index contributed by atoms with van der Waals surface area (Å²) in [6.45, 7) is 1.00. The lowest BCUT2D eigenvalue weighted by molar-refractivity contribution is -0.166. The molecule has 1 aliphatic heterocycles. The Balaban J connectivity index is 1.87. The number of ether oxygens (including phenoxy) is 2. The fourth-order valence-corrected chi connectivity index (χ4v) is 1.26. The molecular weight excluding hydrogens is 206 g/mol. The smallest absolute Gasteiger partial charge is 0.331 e. The SMILES string of the molecule is Nc1ccc(/C=C/C(=O)OC2COC2)cc1. The molecule has 1 aliphatic rings. The maximum absolute atomic E-state index is 11.3. The Morgan fingerprint density at radius 1 is 1.38 bits per heavy atom. The van der Waals surface area contributed by atoms with Crippen molar-refractivity contribution < 1.29 is 14.3 Å². The van der Waals surface area contributed by atoms with Crippen LogP contribution in [0.1, 0.15) is 5.56 Å². The quantitative estimate of drug-likeness (QED) is 0.471. The van der Waals surface area contributed by atoms with Crippen molar-refractivity contribution in [2.45, 2.75) is 6.10 Å². The monoisotopic (exact) mass is 219 g/mol. The molecule has 16 heavy (non-hydrogen) atoms. The Hall–Kier alpha value is -1.81. The molecule has 0 aromatic heterocycles. The molecule has 0 saturated carbocycles. The van der Waals surface area contributed by atoms with Crippen LogP contribution in [-0.4, -0.2) is 25.3 Å². The number of benzene rings is 1. The first-order chi connectivity index (χ1) is 7.74. The summed E-state index contributed by atoms with van der Waals surface area (Å²) in [5.41, 5.74) is 7.16. The van der Waals surface area contributed by atoms with Gasteiger partial charge in [-0.05, 0) is 23.8 Å². The summed E-state index contributed by atoms with van der Waals surface area (Å²) < 4.78 is 9.95. The summed E-state index contributed by atoms with van der Waals surface area (Å²) in [5.74, 6) is -0.342. The Morgan fingerprint density at radius 3 is 2.62 bits per heavy atom. The van der Waals surface area contributed by atoms with E-state index in [2.05, 4.69) is 0 Å². The largest absolute Gasteiger partial charge is 0.454 e. The summed E-state index contributed by atoms with van der Waals surface area (Å²) in [4.78, 5) is 11.3. The molecule has 0 atom stereocenters. The third-order valence-electron chi connectivity index (χ3n) is 2.24. The number of rotatable bonds is 3. The van der Waals surface area contributed by atoms with Gasteiger partial charge in [0.05, 0.1) is 13.2 Å². The first-order valence-corrected chi connectivity index (χ1v) is 5.06. The first-order valence-electron chi connectivity index (χ1n) is 5.06. The molecule has 1 fully saturated rings. The summed E-state index contributed by atoms with van der Waals surface area (Å²) in [7, 11) is 0. The van der Waals surface area contributed by atoms with E-state index < -0.39 is 0 Å². The van der Waals surface area contributed by atoms with E-state index in [1.165, 1.54) is 6.08 Å². The molecule has 0 unspecified atom stereocenters. The summed E-state index contributed by atoms with van der Waals surface area (Å²) in [6.07, 6.45) is 3.02. The van der Waals surface area contributed by atoms with E-state index in [0.29, 0.717) is 18.9 Å². The van der Waals surface area contributed by atoms with Crippen LogP contribution in [0, 0.1) is 0 Å². The summed E-state index contributed by atoms with van der Waals surface area (Å²) >= 11 is 0. The van der Waals surface area contributed by atoms with Gasteiger partial charge in [-0.15, -0.1) is 0 Å². The molecule has 0 aliphatic carbocycles. The molecule has 0 spiro atoms. The van der Waals surface area contributed by atoms with E-state index in [4.69, 9.17) is 15.2 Å². The molecule has 1 heterocycles. The predicted octanol–water partition coefficient (Wildman–Crippen LogP) is 1.22. The van der Waals surface area contributed by atoms with Gasteiger partial charge in [-0.25, -0.2) is 4.79 Å². The molecule has 1 saturated heterocycles. The lowest BCUT2D eigenvalue weighted by atomic mass is 10.2. The first kappa shape index (κ1) is 10.7. The summed E-state index contributed by atoms with van der Waals surface area (Å²) in [6, 6.07) is 7.24. The van der Waals surface area contributed by atoms with Crippen molar-refractivity contribution in [3.05, 3.63) is 35.9 Å². The van der Waals surface area contributed by atoms with E-state index in [1.807, 2.05) is 12.1 Å². The van der Waals surface area contributed by atoms with Gasteiger partial charge in [0.25, 0.3) is 0 Å². The van der Waals surface area contributed by atoms with Crippen LogP contribution < -0.4 is 5.73 Å². The van der Waals surface area contributed by atoms with Gasteiger partial charge in [-0.1, -0.05) is 12.1 Å². The maximum atomic E-state index is 11.3. The number of nitrogen functional groups attached to an aromatic ring is 1. The van der Waals surface area contributed by atoms with Gasteiger partial charge in [-0.2, -0.15) is 0 Å². The topological polar surface area (TPSA) is 61.6 Å². The molecule has 1 aromatic carbocycles. The second-order valence-corrected chi connectivity index (χ2v) is 3.60. The zero-order valence-electron chi connectivity index (χ0n) is 8.76. The fraction of sp³-hybridized carbons (Fsp3) is 0.250. The van der Waals surface area contributed by atoms with E-state index in [0.717, 1.165) is 5.56 Å². The molecule has 0 amide bonds. The van der Waals surface area contributed by atoms with Gasteiger partial charge in [-0.3, -0.25) is 0 Å². The van der Waals surface area contributed by atoms with E-state index in [9.17, 15) is 4.79 Å². The van der Waals surface area contributed by atoms with Crippen molar-refractivity contribution in [1.29, 1.82) is 0 Å². The zero-order chi connectivity index (χ0) is 11.4. The van der Waals surface area contributed by atoms with Crippen LogP contribution in [0.4, 0.5) is 5.69 Å². The lowest BCUT2D eigenvalue weighted by Gasteiger charge is -2.24. The standard InChI is InChI=1S/C12H13NO3/c13-10-4-1-9(2-5-10)3-6-12(14)16-11-7-15-8-11/h1-6,11H,7-8,13H2/b6-3+. The Morgan fingerprint density at radius 2 is 2.06 bits per heavy atom. The highest BCUT2D eigenvalue weighted by molar-refractivity contribution is 5.87. The van der Waals surface area contributed by atoms with Crippen LogP contribution in [0.2, 0.25) is 0 Å². The van der Waals surface area contributed by atoms with Crippen LogP contribution in [0.5, 0.6) is 0 Å². The third kappa shape index (κ3) is 2.84. The minimum Gasteiger partial charge on any atom is -0.454 e. The van der Waals surface area contributed by atoms with Gasteiger partial charge >= 0.3 is 5.97 Å². The molecule has 4 nitrogen and oxygen atoms in total. The molecule has 4 heteroatoms. The zero-order valence-corrected chi connectivity index (χ0v) is 8.76. The van der Waals surface area contributed by atoms with E-state index in [-0.39, 0.29) is 12.1 Å². The van der Waals surface area contributed by atoms with Crippen LogP contribution in [0.3, 0.4) is 0 Å². The van der Waals surface area contributed by atoms with Crippen LogP contribution in [-0.2, 0) is 14.3 Å². The Kier molecular flexibility index (Phi) is 3.22. The van der Waals surface area contributed by atoms with Crippen LogP contribution in [0.15, 0.2) is 30.3 Å². The number of nitrogens with two attached hydrogens (primary N) is 1. The van der Waals surface area contributed by atoms with Gasteiger partial charge in [0.15, 0.2) is 0 Å². The molecule has 2 rings (SSSR count). The van der Waals surface area contributed by atoms with Crippen molar-refractivity contribution in [1.82, 2.24) is 0 Å². The third-order valence-corrected chi connectivity index (χ3v) is 2.24. The van der Waals surface area contributed by atoms with Gasteiger partial charge < -0.3 is 15.2 Å². The van der Waals surface area contributed by atoms with Crippen molar-refractivity contribution >= 4 is 17.7 Å². The number of anilines is 1. The van der Waals surface area contributed by atoms with E-state index in [1.54, 1.807) is 18.2 Å². The highest BCUT2D eigenvalue weighted by atomic mass is 16.6. The molecule has 2 N–H and O–H groups in total.